The zero-order valence-corrected chi connectivity index (χ0v) is 18.5. The van der Waals surface area contributed by atoms with Gasteiger partial charge in [-0.2, -0.15) is 5.10 Å². The van der Waals surface area contributed by atoms with Gasteiger partial charge >= 0.3 is 5.97 Å². The van der Waals surface area contributed by atoms with Crippen LogP contribution < -0.4 is 10.9 Å². The fourth-order valence-corrected chi connectivity index (χ4v) is 7.96. The Morgan fingerprint density at radius 1 is 1.27 bits per heavy atom. The van der Waals surface area contributed by atoms with Crippen LogP contribution in [0, 0.1) is 23.2 Å². The monoisotopic (exact) mass is 433 g/mol. The molecule has 0 amide bonds. The van der Waals surface area contributed by atoms with Gasteiger partial charge in [0.05, 0.1) is 23.8 Å². The minimum atomic E-state index is -0.730. The number of hydrogen-bond donors (Lipinski definition) is 2. The third-order valence-corrected chi connectivity index (χ3v) is 8.86. The molecule has 5 aliphatic rings. The summed E-state index contributed by atoms with van der Waals surface area (Å²) in [6, 6.07) is 0.326. The third kappa shape index (κ3) is 3.35. The van der Waals surface area contributed by atoms with Crippen molar-refractivity contribution in [3.05, 3.63) is 21.6 Å². The normalized spacial score (nSPS) is 39.8. The Morgan fingerprint density at radius 2 is 1.97 bits per heavy atom. The van der Waals surface area contributed by atoms with Crippen molar-refractivity contribution >= 4 is 23.3 Å². The molecule has 0 aliphatic heterocycles. The highest BCUT2D eigenvalue weighted by molar-refractivity contribution is 6.32. The van der Waals surface area contributed by atoms with Gasteiger partial charge in [0.2, 0.25) is 0 Å². The summed E-state index contributed by atoms with van der Waals surface area (Å²) in [5.41, 5.74) is -0.159. The van der Waals surface area contributed by atoms with Crippen molar-refractivity contribution in [2.45, 2.75) is 89.1 Å². The van der Waals surface area contributed by atoms with E-state index in [1.165, 1.54) is 19.3 Å². The molecule has 5 fully saturated rings. The molecule has 5 saturated carbocycles. The van der Waals surface area contributed by atoms with Crippen LogP contribution in [0.2, 0.25) is 5.02 Å². The van der Waals surface area contributed by atoms with Crippen LogP contribution >= 0.6 is 11.6 Å². The fraction of sp³-hybridized carbons (Fsp3) is 0.783. The average Bonchev–Trinajstić information content (AvgIpc) is 2.65. The summed E-state index contributed by atoms with van der Waals surface area (Å²) in [6.45, 7) is 2.25. The first-order chi connectivity index (χ1) is 14.3. The summed E-state index contributed by atoms with van der Waals surface area (Å²) >= 11 is 6.59. The maximum atomic E-state index is 13.4. The molecule has 1 heterocycles. The van der Waals surface area contributed by atoms with Gasteiger partial charge in [0.25, 0.3) is 5.56 Å². The van der Waals surface area contributed by atoms with Crippen molar-refractivity contribution in [3.8, 4) is 0 Å². The van der Waals surface area contributed by atoms with Crippen molar-refractivity contribution in [2.75, 3.05) is 5.32 Å². The van der Waals surface area contributed by atoms with Crippen molar-refractivity contribution in [1.29, 1.82) is 0 Å². The minimum absolute atomic E-state index is 0.196. The van der Waals surface area contributed by atoms with Gasteiger partial charge in [-0.25, -0.2) is 4.68 Å². The molecule has 7 heteroatoms. The molecule has 1 aromatic heterocycles. The maximum absolute atomic E-state index is 13.4. The highest BCUT2D eigenvalue weighted by Crippen LogP contribution is 2.65. The Labute approximate surface area is 182 Å². The number of rotatable bonds is 5. The van der Waals surface area contributed by atoms with Gasteiger partial charge in [-0.1, -0.05) is 31.4 Å². The first-order valence-electron chi connectivity index (χ1n) is 11.6. The van der Waals surface area contributed by atoms with E-state index in [9.17, 15) is 14.7 Å². The number of carboxylic acid groups (broad SMARTS) is 1. The molecule has 4 atom stereocenters. The molecule has 4 bridgehead atoms. The lowest BCUT2D eigenvalue weighted by Crippen LogP contribution is -2.59. The SMILES string of the molecule is C[C@H]1CCCC[C@@H]1Nc1cnn(C23C[C@@H]4C[C@H](CC(CC(=O)O)(C4)C2)C3)c(=O)c1Cl. The second-order valence-electron chi connectivity index (χ2n) is 10.9. The number of nitrogens with zero attached hydrogens (tertiary/aromatic N) is 2. The van der Waals surface area contributed by atoms with Crippen LogP contribution in [0.15, 0.2) is 11.0 Å². The number of nitrogens with one attached hydrogen (secondary N) is 1. The summed E-state index contributed by atoms with van der Waals surface area (Å²) in [5.74, 6) is 0.792. The summed E-state index contributed by atoms with van der Waals surface area (Å²) in [4.78, 5) is 25.0. The number of carbonyl (C=O) groups is 1. The van der Waals surface area contributed by atoms with E-state index in [1.807, 2.05) is 0 Å². The predicted octanol–water partition coefficient (Wildman–Crippen LogP) is 4.66. The van der Waals surface area contributed by atoms with E-state index in [1.54, 1.807) is 10.9 Å². The number of aliphatic carboxylic acids is 1. The van der Waals surface area contributed by atoms with E-state index in [4.69, 9.17) is 11.6 Å². The molecule has 0 saturated heterocycles. The second-order valence-corrected chi connectivity index (χ2v) is 11.2. The summed E-state index contributed by atoms with van der Waals surface area (Å²) < 4.78 is 1.64. The van der Waals surface area contributed by atoms with E-state index >= 15 is 0 Å². The summed E-state index contributed by atoms with van der Waals surface area (Å²) in [7, 11) is 0. The molecule has 6 nitrogen and oxygen atoms in total. The third-order valence-electron chi connectivity index (χ3n) is 8.50. The smallest absolute Gasteiger partial charge is 0.303 e. The van der Waals surface area contributed by atoms with Gasteiger partial charge in [0, 0.05) is 6.04 Å². The van der Waals surface area contributed by atoms with Crippen molar-refractivity contribution in [1.82, 2.24) is 9.78 Å². The van der Waals surface area contributed by atoms with Crippen LogP contribution in [0.1, 0.15) is 77.6 Å². The van der Waals surface area contributed by atoms with Crippen LogP contribution in [0.4, 0.5) is 5.69 Å². The average molecular weight is 434 g/mol. The molecule has 0 aromatic carbocycles. The first-order valence-corrected chi connectivity index (χ1v) is 11.9. The fourth-order valence-electron chi connectivity index (χ4n) is 7.78. The van der Waals surface area contributed by atoms with Gasteiger partial charge in [-0.3, -0.25) is 9.59 Å². The zero-order valence-electron chi connectivity index (χ0n) is 17.7. The molecule has 5 aliphatic carbocycles. The Balaban J connectivity index is 1.46. The van der Waals surface area contributed by atoms with E-state index in [-0.39, 0.29) is 28.0 Å². The molecule has 0 radical (unpaired) electrons. The Morgan fingerprint density at radius 3 is 2.63 bits per heavy atom. The lowest BCUT2D eigenvalue weighted by Gasteiger charge is -2.61. The molecule has 30 heavy (non-hydrogen) atoms. The van der Waals surface area contributed by atoms with Crippen LogP contribution in [-0.2, 0) is 10.3 Å². The maximum Gasteiger partial charge on any atom is 0.303 e. The molecule has 0 unspecified atom stereocenters. The number of carboxylic acids is 1. The lowest BCUT2D eigenvalue weighted by atomic mass is 9.46. The highest BCUT2D eigenvalue weighted by atomic mass is 35.5. The molecule has 164 valence electrons. The van der Waals surface area contributed by atoms with Crippen LogP contribution in [-0.4, -0.2) is 26.9 Å². The largest absolute Gasteiger partial charge is 0.481 e. The van der Waals surface area contributed by atoms with E-state index in [0.29, 0.717) is 29.5 Å². The van der Waals surface area contributed by atoms with E-state index in [0.717, 1.165) is 44.9 Å². The molecule has 6 rings (SSSR count). The van der Waals surface area contributed by atoms with E-state index < -0.39 is 5.97 Å². The van der Waals surface area contributed by atoms with Gasteiger partial charge in [0.1, 0.15) is 5.02 Å². The quantitative estimate of drug-likeness (QED) is 0.705. The molecule has 0 spiro atoms. The van der Waals surface area contributed by atoms with Gasteiger partial charge in [-0.15, -0.1) is 0 Å². The van der Waals surface area contributed by atoms with Crippen LogP contribution in [0.25, 0.3) is 0 Å². The molecule has 1 aromatic rings. The second kappa shape index (κ2) is 7.25. The van der Waals surface area contributed by atoms with Crippen LogP contribution in [0.3, 0.4) is 0 Å². The number of aromatic nitrogens is 2. The number of anilines is 1. The molecular weight excluding hydrogens is 402 g/mol. The van der Waals surface area contributed by atoms with Gasteiger partial charge in [0.15, 0.2) is 0 Å². The van der Waals surface area contributed by atoms with Crippen molar-refractivity contribution in [3.63, 3.8) is 0 Å². The topological polar surface area (TPSA) is 84.2 Å². The standard InChI is InChI=1S/C23H32ClN3O3/c1-14-4-2-3-5-17(14)26-18-12-25-27(21(30)20(18)24)23-9-15-6-16(10-23)8-22(7-15,13-23)11-19(28)29/h12,14-17,26H,2-11,13H2,1H3,(H,28,29)/t14-,15+,16+,17-,22?,23?/m0/s1. The zero-order chi connectivity index (χ0) is 21.1. The number of halogens is 1. The lowest BCUT2D eigenvalue weighted by molar-refractivity contribution is -0.151. The summed E-state index contributed by atoms with van der Waals surface area (Å²) in [5, 5.41) is 17.9. The Bertz CT molecular complexity index is 899. The van der Waals surface area contributed by atoms with Gasteiger partial charge in [-0.05, 0) is 74.5 Å². The van der Waals surface area contributed by atoms with Crippen molar-refractivity contribution in [2.24, 2.45) is 23.2 Å². The Hall–Kier alpha value is -1.56. The van der Waals surface area contributed by atoms with Crippen LogP contribution in [0.5, 0.6) is 0 Å². The molecule has 2 N–H and O–H groups in total. The van der Waals surface area contributed by atoms with E-state index in [2.05, 4.69) is 17.3 Å². The minimum Gasteiger partial charge on any atom is -0.481 e. The van der Waals surface area contributed by atoms with Gasteiger partial charge < -0.3 is 10.4 Å². The number of hydrogen-bond acceptors (Lipinski definition) is 4. The predicted molar refractivity (Wildman–Crippen MR) is 116 cm³/mol. The molecular formula is C23H32ClN3O3. The van der Waals surface area contributed by atoms with Crippen molar-refractivity contribution < 1.29 is 9.90 Å². The summed E-state index contributed by atoms with van der Waals surface area (Å²) in [6.07, 6.45) is 12.3. The Kier molecular flexibility index (Phi) is 4.92. The first kappa shape index (κ1) is 20.3. The highest BCUT2D eigenvalue weighted by Gasteiger charge is 2.59.